The maximum atomic E-state index is 12.6. The van der Waals surface area contributed by atoms with Crippen molar-refractivity contribution < 1.29 is 13.2 Å². The number of aromatic nitrogens is 3. The monoisotopic (exact) mass is 458 g/mol. The highest BCUT2D eigenvalue weighted by Gasteiger charge is 2.20. The molecule has 0 aliphatic rings. The van der Waals surface area contributed by atoms with Crippen LogP contribution in [0.25, 0.3) is 0 Å². The van der Waals surface area contributed by atoms with E-state index in [0.717, 1.165) is 24.9 Å². The molecule has 3 rings (SSSR count). The fourth-order valence-corrected chi connectivity index (χ4v) is 5.00. The molecule has 0 saturated carbocycles. The SMILES string of the molecule is CCCCc1ccc(NC(=O)CSc2nnc(CS(=O)(=O)c3ccccc3)n2C)cc1. The number of carbonyl (C=O) groups is 1. The summed E-state index contributed by atoms with van der Waals surface area (Å²) in [6.07, 6.45) is 3.33. The Hall–Kier alpha value is -2.65. The van der Waals surface area contributed by atoms with E-state index in [1.165, 1.54) is 17.3 Å². The molecule has 0 aliphatic carbocycles. The van der Waals surface area contributed by atoms with Crippen molar-refractivity contribution >= 4 is 33.2 Å². The quantitative estimate of drug-likeness (QED) is 0.464. The molecular weight excluding hydrogens is 432 g/mol. The summed E-state index contributed by atoms with van der Waals surface area (Å²) in [6, 6.07) is 16.1. The second kappa shape index (κ2) is 10.6. The van der Waals surface area contributed by atoms with Gasteiger partial charge >= 0.3 is 0 Å². The Morgan fingerprint density at radius 2 is 1.77 bits per heavy atom. The normalized spacial score (nSPS) is 11.4. The molecule has 1 heterocycles. The number of unbranched alkanes of at least 4 members (excludes halogenated alkanes) is 1. The molecule has 0 saturated heterocycles. The van der Waals surface area contributed by atoms with E-state index in [1.54, 1.807) is 41.9 Å². The van der Waals surface area contributed by atoms with E-state index >= 15 is 0 Å². The van der Waals surface area contributed by atoms with E-state index in [9.17, 15) is 13.2 Å². The number of rotatable bonds is 10. The van der Waals surface area contributed by atoms with Crippen LogP contribution in [-0.4, -0.2) is 34.8 Å². The van der Waals surface area contributed by atoms with Crippen molar-refractivity contribution in [3.8, 4) is 0 Å². The number of carbonyl (C=O) groups excluding carboxylic acids is 1. The molecule has 0 radical (unpaired) electrons. The average molecular weight is 459 g/mol. The molecule has 0 fully saturated rings. The number of hydrogen-bond donors (Lipinski definition) is 1. The van der Waals surface area contributed by atoms with Crippen molar-refractivity contribution in [3.63, 3.8) is 0 Å². The van der Waals surface area contributed by atoms with Crippen LogP contribution in [-0.2, 0) is 33.9 Å². The summed E-state index contributed by atoms with van der Waals surface area (Å²) in [5, 5.41) is 11.4. The molecule has 1 amide bonds. The summed E-state index contributed by atoms with van der Waals surface area (Å²) < 4.78 is 26.7. The lowest BCUT2D eigenvalue weighted by atomic mass is 10.1. The van der Waals surface area contributed by atoms with Crippen molar-refractivity contribution in [2.45, 2.75) is 42.0 Å². The number of hydrogen-bond acceptors (Lipinski definition) is 6. The molecule has 1 N–H and O–H groups in total. The molecule has 0 unspecified atom stereocenters. The average Bonchev–Trinajstić information content (AvgIpc) is 3.11. The van der Waals surface area contributed by atoms with Gasteiger partial charge in [-0.25, -0.2) is 8.42 Å². The molecule has 0 atom stereocenters. The number of aryl methyl sites for hydroxylation is 1. The van der Waals surface area contributed by atoms with Gasteiger partial charge in [-0.15, -0.1) is 10.2 Å². The molecular formula is C22H26N4O3S2. The lowest BCUT2D eigenvalue weighted by Crippen LogP contribution is -2.14. The molecule has 0 bridgehead atoms. The van der Waals surface area contributed by atoms with E-state index < -0.39 is 9.84 Å². The third-order valence-corrected chi connectivity index (χ3v) is 7.38. The Bertz CT molecular complexity index is 1110. The summed E-state index contributed by atoms with van der Waals surface area (Å²) in [5.41, 5.74) is 2.00. The highest BCUT2D eigenvalue weighted by atomic mass is 32.2. The fourth-order valence-electron chi connectivity index (χ4n) is 2.94. The first-order valence-electron chi connectivity index (χ1n) is 10.1. The van der Waals surface area contributed by atoms with Crippen LogP contribution in [0.3, 0.4) is 0 Å². The predicted molar refractivity (Wildman–Crippen MR) is 123 cm³/mol. The van der Waals surface area contributed by atoms with Crippen molar-refractivity contribution in [1.29, 1.82) is 0 Å². The van der Waals surface area contributed by atoms with Gasteiger partial charge in [-0.3, -0.25) is 4.79 Å². The minimum atomic E-state index is -3.52. The Morgan fingerprint density at radius 3 is 2.45 bits per heavy atom. The number of thioether (sulfide) groups is 1. The van der Waals surface area contributed by atoms with Gasteiger partial charge in [0, 0.05) is 12.7 Å². The lowest BCUT2D eigenvalue weighted by molar-refractivity contribution is -0.113. The fraction of sp³-hybridized carbons (Fsp3) is 0.318. The highest BCUT2D eigenvalue weighted by molar-refractivity contribution is 7.99. The first-order valence-corrected chi connectivity index (χ1v) is 12.7. The van der Waals surface area contributed by atoms with Gasteiger partial charge in [0.25, 0.3) is 0 Å². The minimum Gasteiger partial charge on any atom is -0.325 e. The van der Waals surface area contributed by atoms with Crippen molar-refractivity contribution in [3.05, 3.63) is 66.0 Å². The molecule has 0 aliphatic heterocycles. The van der Waals surface area contributed by atoms with Crippen LogP contribution >= 0.6 is 11.8 Å². The Morgan fingerprint density at radius 1 is 1.06 bits per heavy atom. The van der Waals surface area contributed by atoms with Gasteiger partial charge < -0.3 is 9.88 Å². The van der Waals surface area contributed by atoms with Gasteiger partial charge in [0.05, 0.1) is 10.6 Å². The number of nitrogens with zero attached hydrogens (tertiary/aromatic N) is 3. The third-order valence-electron chi connectivity index (χ3n) is 4.74. The molecule has 0 spiro atoms. The van der Waals surface area contributed by atoms with Crippen molar-refractivity contribution in [2.24, 2.45) is 7.05 Å². The zero-order chi connectivity index (χ0) is 22.3. The minimum absolute atomic E-state index is 0.148. The highest BCUT2D eigenvalue weighted by Crippen LogP contribution is 2.20. The van der Waals surface area contributed by atoms with Crippen LogP contribution in [0.2, 0.25) is 0 Å². The number of amides is 1. The predicted octanol–water partition coefficient (Wildman–Crippen LogP) is 3.86. The molecule has 7 nitrogen and oxygen atoms in total. The molecule has 164 valence electrons. The van der Waals surface area contributed by atoms with Crippen molar-refractivity contribution in [1.82, 2.24) is 14.8 Å². The summed E-state index contributed by atoms with van der Waals surface area (Å²) in [7, 11) is -1.82. The first-order chi connectivity index (χ1) is 14.9. The van der Waals surface area contributed by atoms with Crippen molar-refractivity contribution in [2.75, 3.05) is 11.1 Å². The molecule has 1 aromatic heterocycles. The number of anilines is 1. The summed E-state index contributed by atoms with van der Waals surface area (Å²) in [4.78, 5) is 12.5. The molecule has 9 heteroatoms. The number of benzene rings is 2. The molecule has 3 aromatic rings. The van der Waals surface area contributed by atoms with Crippen LogP contribution in [0.15, 0.2) is 64.6 Å². The topological polar surface area (TPSA) is 94.0 Å². The standard InChI is InChI=1S/C22H26N4O3S2/c1-3-4-8-17-11-13-18(14-12-17)23-21(27)15-30-22-25-24-20(26(22)2)16-31(28,29)19-9-6-5-7-10-19/h5-7,9-14H,3-4,8,15-16H2,1-2H3,(H,23,27). The smallest absolute Gasteiger partial charge is 0.234 e. The zero-order valence-electron chi connectivity index (χ0n) is 17.6. The zero-order valence-corrected chi connectivity index (χ0v) is 19.2. The van der Waals surface area contributed by atoms with Crippen LogP contribution < -0.4 is 5.32 Å². The maximum Gasteiger partial charge on any atom is 0.234 e. The second-order valence-corrected chi connectivity index (χ2v) is 10.1. The molecule has 2 aromatic carbocycles. The van der Waals surface area contributed by atoms with Gasteiger partial charge in [-0.05, 0) is 42.7 Å². The van der Waals surface area contributed by atoms with Gasteiger partial charge in [-0.2, -0.15) is 0 Å². The van der Waals surface area contributed by atoms with E-state index in [1.807, 2.05) is 24.3 Å². The van der Waals surface area contributed by atoms with Crippen LogP contribution in [0.1, 0.15) is 31.2 Å². The second-order valence-electron chi connectivity index (χ2n) is 7.17. The van der Waals surface area contributed by atoms with Gasteiger partial charge in [0.1, 0.15) is 11.6 Å². The number of nitrogens with one attached hydrogen (secondary N) is 1. The summed E-state index contributed by atoms with van der Waals surface area (Å²) in [5.74, 6) is 0.0642. The van der Waals surface area contributed by atoms with Gasteiger partial charge in [0.15, 0.2) is 15.0 Å². The summed E-state index contributed by atoms with van der Waals surface area (Å²) in [6.45, 7) is 2.16. The van der Waals surface area contributed by atoms with E-state index in [2.05, 4.69) is 22.4 Å². The van der Waals surface area contributed by atoms with Gasteiger partial charge in [0.2, 0.25) is 5.91 Å². The largest absolute Gasteiger partial charge is 0.325 e. The third kappa shape index (κ3) is 6.41. The molecule has 31 heavy (non-hydrogen) atoms. The Balaban J connectivity index is 1.55. The number of sulfone groups is 1. The Labute approximate surface area is 187 Å². The Kier molecular flexibility index (Phi) is 7.86. The van der Waals surface area contributed by atoms with E-state index in [4.69, 9.17) is 0 Å². The van der Waals surface area contributed by atoms with Crippen LogP contribution in [0.5, 0.6) is 0 Å². The van der Waals surface area contributed by atoms with Crippen LogP contribution in [0, 0.1) is 0 Å². The maximum absolute atomic E-state index is 12.6. The summed E-state index contributed by atoms with van der Waals surface area (Å²) >= 11 is 1.21. The van der Waals surface area contributed by atoms with Crippen LogP contribution in [0.4, 0.5) is 5.69 Å². The first kappa shape index (κ1) is 23.0. The van der Waals surface area contributed by atoms with E-state index in [-0.39, 0.29) is 22.3 Å². The van der Waals surface area contributed by atoms with E-state index in [0.29, 0.717) is 11.0 Å². The van der Waals surface area contributed by atoms with Gasteiger partial charge in [-0.1, -0.05) is 55.4 Å². The lowest BCUT2D eigenvalue weighted by Gasteiger charge is -2.07.